The van der Waals surface area contributed by atoms with Gasteiger partial charge in [0.25, 0.3) is 0 Å². The maximum atomic E-state index is 13.1. The molecule has 0 aromatic heterocycles. The molecule has 0 N–H and O–H groups in total. The Balaban J connectivity index is 2.84. The van der Waals surface area contributed by atoms with Crippen LogP contribution in [-0.2, 0) is 4.79 Å². The highest BCUT2D eigenvalue weighted by molar-refractivity contribution is 9.09. The summed E-state index contributed by atoms with van der Waals surface area (Å²) in [6.45, 7) is 4.23. The van der Waals surface area contributed by atoms with Gasteiger partial charge in [0.1, 0.15) is 0 Å². The van der Waals surface area contributed by atoms with Gasteiger partial charge >= 0.3 is 6.18 Å². The Bertz CT molecular complexity index is 320. The number of hydrogen-bond donors (Lipinski definition) is 0. The van der Waals surface area contributed by atoms with E-state index in [1.807, 2.05) is 13.8 Å². The summed E-state index contributed by atoms with van der Waals surface area (Å²) in [5.41, 5.74) is 0. The lowest BCUT2D eigenvalue weighted by Gasteiger charge is -2.37. The highest BCUT2D eigenvalue weighted by Gasteiger charge is 2.49. The Hall–Kier alpha value is -0.260. The molecule has 1 aliphatic rings. The van der Waals surface area contributed by atoms with Crippen molar-refractivity contribution >= 4 is 21.8 Å². The van der Waals surface area contributed by atoms with E-state index >= 15 is 0 Å². The molecule has 2 unspecified atom stereocenters. The molecular weight excluding hydrogens is 335 g/mol. The van der Waals surface area contributed by atoms with Crippen LogP contribution in [0.15, 0.2) is 0 Å². The second-order valence-electron chi connectivity index (χ2n) is 5.71. The van der Waals surface area contributed by atoms with Crippen molar-refractivity contribution in [2.45, 2.75) is 58.2 Å². The van der Waals surface area contributed by atoms with Crippen LogP contribution in [0.1, 0.15) is 46.0 Å². The first kappa shape index (κ1) is 17.8. The summed E-state index contributed by atoms with van der Waals surface area (Å²) in [5, 5.41) is 0.747. The molecule has 20 heavy (non-hydrogen) atoms. The van der Waals surface area contributed by atoms with Crippen molar-refractivity contribution in [2.75, 3.05) is 11.9 Å². The molecule has 0 radical (unpaired) electrons. The second kappa shape index (κ2) is 7.66. The standard InChI is InChI=1S/C14H23BrF3NO/c1-10(2)19(9-5-8-15)13(20)11-6-3-4-7-12(11)14(16,17)18/h10-12H,3-9H2,1-2H3. The number of halogens is 4. The third kappa shape index (κ3) is 4.64. The van der Waals surface area contributed by atoms with Crippen LogP contribution in [0.2, 0.25) is 0 Å². The van der Waals surface area contributed by atoms with E-state index in [-0.39, 0.29) is 18.4 Å². The van der Waals surface area contributed by atoms with Crippen molar-refractivity contribution in [3.05, 3.63) is 0 Å². The minimum Gasteiger partial charge on any atom is -0.340 e. The molecule has 0 bridgehead atoms. The Morgan fingerprint density at radius 1 is 1.30 bits per heavy atom. The highest BCUT2D eigenvalue weighted by atomic mass is 79.9. The second-order valence-corrected chi connectivity index (χ2v) is 6.50. The molecule has 1 saturated carbocycles. The van der Waals surface area contributed by atoms with Gasteiger partial charge in [-0.3, -0.25) is 4.79 Å². The van der Waals surface area contributed by atoms with Crippen LogP contribution in [0.25, 0.3) is 0 Å². The van der Waals surface area contributed by atoms with Crippen LogP contribution in [-0.4, -0.2) is 34.9 Å². The van der Waals surface area contributed by atoms with Gasteiger partial charge in [-0.05, 0) is 33.1 Å². The van der Waals surface area contributed by atoms with Gasteiger partial charge in [-0.2, -0.15) is 13.2 Å². The Kier molecular flexibility index (Phi) is 6.82. The number of alkyl halides is 4. The molecule has 1 aliphatic carbocycles. The van der Waals surface area contributed by atoms with Gasteiger partial charge in [-0.15, -0.1) is 0 Å². The fourth-order valence-corrected chi connectivity index (χ4v) is 3.13. The van der Waals surface area contributed by atoms with Gasteiger partial charge < -0.3 is 4.90 Å². The zero-order valence-corrected chi connectivity index (χ0v) is 13.6. The number of rotatable bonds is 5. The molecule has 1 amide bonds. The zero-order chi connectivity index (χ0) is 15.3. The molecule has 0 saturated heterocycles. The highest BCUT2D eigenvalue weighted by Crippen LogP contribution is 2.42. The number of hydrogen-bond acceptors (Lipinski definition) is 1. The third-order valence-corrected chi connectivity index (χ3v) is 4.50. The summed E-state index contributed by atoms with van der Waals surface area (Å²) in [5.74, 6) is -2.67. The lowest BCUT2D eigenvalue weighted by atomic mass is 9.77. The van der Waals surface area contributed by atoms with Crippen LogP contribution >= 0.6 is 15.9 Å². The van der Waals surface area contributed by atoms with E-state index in [9.17, 15) is 18.0 Å². The largest absolute Gasteiger partial charge is 0.392 e. The normalized spacial score (nSPS) is 23.9. The van der Waals surface area contributed by atoms with Crippen LogP contribution in [0.4, 0.5) is 13.2 Å². The molecular formula is C14H23BrF3NO. The van der Waals surface area contributed by atoms with E-state index in [1.54, 1.807) is 4.90 Å². The summed E-state index contributed by atoms with van der Waals surface area (Å²) in [4.78, 5) is 14.1. The lowest BCUT2D eigenvalue weighted by Crippen LogP contribution is -2.47. The van der Waals surface area contributed by atoms with Gasteiger partial charge in [0.05, 0.1) is 5.92 Å². The fraction of sp³-hybridized carbons (Fsp3) is 0.929. The summed E-state index contributed by atoms with van der Waals surface area (Å²) in [6.07, 6.45) is -1.78. The summed E-state index contributed by atoms with van der Waals surface area (Å²) >= 11 is 3.30. The van der Waals surface area contributed by atoms with E-state index in [0.29, 0.717) is 25.8 Å². The summed E-state index contributed by atoms with van der Waals surface area (Å²) in [7, 11) is 0. The molecule has 0 spiro atoms. The van der Waals surface area contributed by atoms with Gasteiger partial charge in [0.2, 0.25) is 5.91 Å². The predicted molar refractivity (Wildman–Crippen MR) is 76.8 cm³/mol. The maximum absolute atomic E-state index is 13.1. The molecule has 2 nitrogen and oxygen atoms in total. The van der Waals surface area contributed by atoms with E-state index in [0.717, 1.165) is 11.8 Å². The SMILES string of the molecule is CC(C)N(CCCBr)C(=O)C1CCCCC1C(F)(F)F. The summed E-state index contributed by atoms with van der Waals surface area (Å²) < 4.78 is 39.3. The molecule has 0 heterocycles. The number of amides is 1. The average molecular weight is 358 g/mol. The quantitative estimate of drug-likeness (QED) is 0.668. The van der Waals surface area contributed by atoms with Gasteiger partial charge in [-0.1, -0.05) is 28.8 Å². The molecule has 0 aliphatic heterocycles. The lowest BCUT2D eigenvalue weighted by molar-refractivity contribution is -0.201. The zero-order valence-electron chi connectivity index (χ0n) is 12.0. The van der Waals surface area contributed by atoms with Crippen molar-refractivity contribution < 1.29 is 18.0 Å². The van der Waals surface area contributed by atoms with Crippen molar-refractivity contribution in [1.29, 1.82) is 0 Å². The van der Waals surface area contributed by atoms with E-state index in [4.69, 9.17) is 0 Å². The van der Waals surface area contributed by atoms with Crippen LogP contribution in [0.3, 0.4) is 0 Å². The number of nitrogens with zero attached hydrogens (tertiary/aromatic N) is 1. The molecule has 1 rings (SSSR count). The monoisotopic (exact) mass is 357 g/mol. The molecule has 2 atom stereocenters. The molecule has 6 heteroatoms. The molecule has 0 aromatic rings. The average Bonchev–Trinajstić information content (AvgIpc) is 2.37. The van der Waals surface area contributed by atoms with Crippen LogP contribution in [0.5, 0.6) is 0 Å². The first-order chi connectivity index (χ1) is 9.29. The molecule has 1 fully saturated rings. The van der Waals surface area contributed by atoms with E-state index in [1.165, 1.54) is 0 Å². The smallest absolute Gasteiger partial charge is 0.340 e. The van der Waals surface area contributed by atoms with E-state index < -0.39 is 18.0 Å². The minimum absolute atomic E-state index is 0.0580. The number of carbonyl (C=O) groups is 1. The van der Waals surface area contributed by atoms with Crippen molar-refractivity contribution in [1.82, 2.24) is 4.90 Å². The minimum atomic E-state index is -4.27. The van der Waals surface area contributed by atoms with E-state index in [2.05, 4.69) is 15.9 Å². The summed E-state index contributed by atoms with van der Waals surface area (Å²) in [6, 6.07) is -0.0580. The first-order valence-electron chi connectivity index (χ1n) is 7.22. The van der Waals surface area contributed by atoms with Crippen LogP contribution in [0, 0.1) is 11.8 Å². The Morgan fingerprint density at radius 2 is 1.90 bits per heavy atom. The molecule has 118 valence electrons. The predicted octanol–water partition coefficient (Wildman–Crippen LogP) is 4.38. The van der Waals surface area contributed by atoms with Crippen molar-refractivity contribution in [3.63, 3.8) is 0 Å². The maximum Gasteiger partial charge on any atom is 0.392 e. The Labute approximate surface area is 127 Å². The fourth-order valence-electron chi connectivity index (χ4n) is 2.88. The van der Waals surface area contributed by atoms with Gasteiger partial charge in [0, 0.05) is 23.8 Å². The van der Waals surface area contributed by atoms with Gasteiger partial charge in [-0.25, -0.2) is 0 Å². The topological polar surface area (TPSA) is 20.3 Å². The number of carbonyl (C=O) groups excluding carboxylic acids is 1. The first-order valence-corrected chi connectivity index (χ1v) is 8.34. The third-order valence-electron chi connectivity index (χ3n) is 3.94. The molecule has 0 aromatic carbocycles. The van der Waals surface area contributed by atoms with Crippen LogP contribution < -0.4 is 0 Å². The van der Waals surface area contributed by atoms with Crippen molar-refractivity contribution in [2.24, 2.45) is 11.8 Å². The van der Waals surface area contributed by atoms with Crippen molar-refractivity contribution in [3.8, 4) is 0 Å². The Morgan fingerprint density at radius 3 is 2.40 bits per heavy atom. The van der Waals surface area contributed by atoms with Gasteiger partial charge in [0.15, 0.2) is 0 Å².